The Bertz CT molecular complexity index is 2650. The average Bonchev–Trinajstić information content (AvgIpc) is 3.91. The quantitative estimate of drug-likeness (QED) is 0.0347. The van der Waals surface area contributed by atoms with E-state index in [1.165, 1.54) is 14.7 Å². The van der Waals surface area contributed by atoms with Crippen molar-refractivity contribution in [1.82, 2.24) is 24.6 Å². The second kappa shape index (κ2) is 28.5. The van der Waals surface area contributed by atoms with E-state index in [2.05, 4.69) is 16.0 Å². The zero-order chi connectivity index (χ0) is 52.1. The van der Waals surface area contributed by atoms with Crippen molar-refractivity contribution >= 4 is 49.5 Å². The van der Waals surface area contributed by atoms with Gasteiger partial charge in [-0.1, -0.05) is 142 Å². The highest BCUT2D eigenvalue weighted by Crippen LogP contribution is 2.24. The molecule has 5 N–H and O–H groups in total. The maximum absolute atomic E-state index is 14.2. The zero-order valence-corrected chi connectivity index (χ0v) is 43.8. The standard InChI is InChI=1S/C53H69N5O11S3/c1-39(2)25-27-57(71(4,64)65)35-48(59)46(55-50(61)34-54-52(62)68-37-42-18-10-6-11-19-42)33-45-23-14-22-44(31-45)30-40(3)26-28-58(72(66,67)51-24-15-29-70-51)36-49(60)47(32-41-16-8-5-9-17-41)56-53(63)69-38-43-20-12-7-13-21-43/h5-24,29,31,39-40,46-49,59-60H,25-28,30,32-38H2,1-4H3,(H,54,62)(H,55,61)(H,56,63)/t40?,46-,47-,48+,49+/m0/s1. The first-order valence-electron chi connectivity index (χ1n) is 24.0. The Labute approximate surface area is 428 Å². The van der Waals surface area contributed by atoms with E-state index in [1.54, 1.807) is 23.6 Å². The van der Waals surface area contributed by atoms with Crippen molar-refractivity contribution in [3.63, 3.8) is 0 Å². The monoisotopic (exact) mass is 1050 g/mol. The van der Waals surface area contributed by atoms with E-state index in [1.807, 2.05) is 124 Å². The molecular weight excluding hydrogens is 979 g/mol. The lowest BCUT2D eigenvalue weighted by molar-refractivity contribution is -0.121. The number of rotatable bonds is 29. The average molecular weight is 1050 g/mol. The van der Waals surface area contributed by atoms with Crippen molar-refractivity contribution in [3.05, 3.63) is 161 Å². The summed E-state index contributed by atoms with van der Waals surface area (Å²) in [6.45, 7) is 5.12. The number of sulfonamides is 2. The minimum atomic E-state index is -4.07. The molecule has 5 atom stereocenters. The van der Waals surface area contributed by atoms with Crippen molar-refractivity contribution in [1.29, 1.82) is 0 Å². The van der Waals surface area contributed by atoms with E-state index in [0.717, 1.165) is 45.4 Å². The molecule has 1 heterocycles. The van der Waals surface area contributed by atoms with E-state index in [-0.39, 0.29) is 68.3 Å². The van der Waals surface area contributed by atoms with Crippen molar-refractivity contribution in [2.45, 2.75) is 94.6 Å². The van der Waals surface area contributed by atoms with Gasteiger partial charge in [0.1, 0.15) is 24.0 Å². The van der Waals surface area contributed by atoms with Gasteiger partial charge in [0.25, 0.3) is 10.0 Å². The summed E-state index contributed by atoms with van der Waals surface area (Å²) in [5, 5.41) is 33.1. The molecule has 0 fully saturated rings. The lowest BCUT2D eigenvalue weighted by Gasteiger charge is -2.30. The van der Waals surface area contributed by atoms with E-state index < -0.39 is 69.0 Å². The van der Waals surface area contributed by atoms with Crippen LogP contribution in [0.1, 0.15) is 61.4 Å². The van der Waals surface area contributed by atoms with Crippen molar-refractivity contribution < 1.29 is 50.9 Å². The molecule has 16 nitrogen and oxygen atoms in total. The Morgan fingerprint density at radius 3 is 1.65 bits per heavy atom. The number of nitrogens with one attached hydrogen (secondary N) is 3. The van der Waals surface area contributed by atoms with Crippen LogP contribution in [0, 0.1) is 11.8 Å². The molecule has 0 aliphatic heterocycles. The van der Waals surface area contributed by atoms with Gasteiger partial charge in [0.2, 0.25) is 15.9 Å². The third-order valence-corrected chi connectivity index (χ3v) is 16.4. The van der Waals surface area contributed by atoms with E-state index in [4.69, 9.17) is 9.47 Å². The van der Waals surface area contributed by atoms with Gasteiger partial charge in [-0.05, 0) is 83.2 Å². The number of aliphatic hydroxyl groups excluding tert-OH is 2. The third kappa shape index (κ3) is 19.7. The molecule has 5 aromatic rings. The summed E-state index contributed by atoms with van der Waals surface area (Å²) in [5.74, 6) is -0.504. The highest BCUT2D eigenvalue weighted by atomic mass is 32.2. The van der Waals surface area contributed by atoms with Crippen LogP contribution in [0.2, 0.25) is 0 Å². The molecule has 1 aromatic heterocycles. The number of alkyl carbamates (subject to hydrolysis) is 2. The van der Waals surface area contributed by atoms with Crippen LogP contribution in [-0.4, -0.2) is 117 Å². The third-order valence-electron chi connectivity index (χ3n) is 11.9. The number of hydrogen-bond donors (Lipinski definition) is 5. The molecule has 3 amide bonds. The molecule has 72 heavy (non-hydrogen) atoms. The Kier molecular flexibility index (Phi) is 22.7. The molecule has 0 saturated carbocycles. The van der Waals surface area contributed by atoms with Crippen LogP contribution >= 0.6 is 11.3 Å². The highest BCUT2D eigenvalue weighted by molar-refractivity contribution is 7.91. The molecule has 390 valence electrons. The van der Waals surface area contributed by atoms with Crippen LogP contribution < -0.4 is 16.0 Å². The van der Waals surface area contributed by atoms with Crippen LogP contribution in [0.15, 0.2) is 137 Å². The van der Waals surface area contributed by atoms with Crippen molar-refractivity contribution in [2.24, 2.45) is 11.8 Å². The smallest absolute Gasteiger partial charge is 0.407 e. The molecule has 0 bridgehead atoms. The lowest BCUT2D eigenvalue weighted by atomic mass is 9.94. The van der Waals surface area contributed by atoms with Crippen molar-refractivity contribution in [2.75, 3.05) is 39.0 Å². The molecular formula is C53H69N5O11S3. The van der Waals surface area contributed by atoms with Gasteiger partial charge in [-0.2, -0.15) is 8.61 Å². The van der Waals surface area contributed by atoms with Gasteiger partial charge >= 0.3 is 12.2 Å². The van der Waals surface area contributed by atoms with Gasteiger partial charge in [-0.15, -0.1) is 11.3 Å². The number of nitrogens with zero attached hydrogens (tertiary/aromatic N) is 2. The minimum absolute atomic E-state index is 0.000818. The van der Waals surface area contributed by atoms with Gasteiger partial charge in [0.05, 0.1) is 30.5 Å². The van der Waals surface area contributed by atoms with Gasteiger partial charge in [0.15, 0.2) is 0 Å². The number of benzene rings is 4. The van der Waals surface area contributed by atoms with Gasteiger partial charge in [-0.25, -0.2) is 26.4 Å². The normalized spacial score (nSPS) is 14.0. The Balaban J connectivity index is 1.27. The number of amides is 3. The molecule has 19 heteroatoms. The number of hydrogen-bond acceptors (Lipinski definition) is 12. The number of aliphatic hydroxyl groups is 2. The molecule has 0 radical (unpaired) electrons. The molecule has 0 aliphatic carbocycles. The molecule has 4 aromatic carbocycles. The Hall–Kier alpha value is -5.67. The van der Waals surface area contributed by atoms with Gasteiger partial charge < -0.3 is 35.6 Å². The van der Waals surface area contributed by atoms with Crippen LogP contribution in [0.5, 0.6) is 0 Å². The fourth-order valence-corrected chi connectivity index (χ4v) is 11.3. The van der Waals surface area contributed by atoms with E-state index >= 15 is 0 Å². The topological polar surface area (TPSA) is 221 Å². The Morgan fingerprint density at radius 2 is 1.10 bits per heavy atom. The predicted molar refractivity (Wildman–Crippen MR) is 279 cm³/mol. The maximum atomic E-state index is 14.2. The zero-order valence-electron chi connectivity index (χ0n) is 41.3. The van der Waals surface area contributed by atoms with Gasteiger partial charge in [-0.3, -0.25) is 4.79 Å². The van der Waals surface area contributed by atoms with Crippen molar-refractivity contribution in [3.8, 4) is 0 Å². The fourth-order valence-electron chi connectivity index (χ4n) is 7.86. The largest absolute Gasteiger partial charge is 0.445 e. The number of carbonyl (C=O) groups excluding carboxylic acids is 3. The van der Waals surface area contributed by atoms with Gasteiger partial charge in [0, 0.05) is 26.2 Å². The summed E-state index contributed by atoms with van der Waals surface area (Å²) in [6, 6.07) is 36.3. The van der Waals surface area contributed by atoms with Crippen LogP contribution in [0.3, 0.4) is 0 Å². The van der Waals surface area contributed by atoms with E-state index in [0.29, 0.717) is 19.3 Å². The second-order valence-electron chi connectivity index (χ2n) is 18.4. The summed E-state index contributed by atoms with van der Waals surface area (Å²) in [6.07, 6.45) is -1.37. The van der Waals surface area contributed by atoms with Crippen LogP contribution in [-0.2, 0) is 66.8 Å². The Morgan fingerprint density at radius 1 is 0.597 bits per heavy atom. The first kappa shape index (κ1) is 57.2. The second-order valence-corrected chi connectivity index (χ2v) is 23.5. The molecule has 0 spiro atoms. The van der Waals surface area contributed by atoms with Crippen LogP contribution in [0.25, 0.3) is 0 Å². The molecule has 0 saturated heterocycles. The molecule has 1 unspecified atom stereocenters. The van der Waals surface area contributed by atoms with E-state index in [9.17, 15) is 41.4 Å². The number of thiophene rings is 1. The molecule has 0 aliphatic rings. The predicted octanol–water partition coefficient (Wildman–Crippen LogP) is 6.53. The fraction of sp³-hybridized carbons (Fsp3) is 0.415. The first-order chi connectivity index (χ1) is 34.3. The summed E-state index contributed by atoms with van der Waals surface area (Å²) in [5.41, 5.74) is 4.00. The maximum Gasteiger partial charge on any atom is 0.407 e. The number of carbonyl (C=O) groups is 3. The lowest BCUT2D eigenvalue weighted by Crippen LogP contribution is -2.52. The summed E-state index contributed by atoms with van der Waals surface area (Å²) in [7, 11) is -7.80. The summed E-state index contributed by atoms with van der Waals surface area (Å²) < 4.78 is 67.3. The summed E-state index contributed by atoms with van der Waals surface area (Å²) >= 11 is 1.07. The highest BCUT2D eigenvalue weighted by Gasteiger charge is 2.33. The SMILES string of the molecule is CC(C)CCN(C[C@@H](O)[C@H](Cc1cccc(CC(C)CCN(C[C@@H](O)[C@H](Cc2ccccc2)NC(=O)OCc2ccccc2)S(=O)(=O)c2cccs2)c1)NC(=O)CNC(=O)OCc1ccccc1)S(C)(=O)=O. The summed E-state index contributed by atoms with van der Waals surface area (Å²) in [4.78, 5) is 38.9. The number of ether oxygens (including phenoxy) is 2. The van der Waals surface area contributed by atoms with Crippen LogP contribution in [0.4, 0.5) is 9.59 Å². The molecule has 5 rings (SSSR count). The first-order valence-corrected chi connectivity index (χ1v) is 28.2. The minimum Gasteiger partial charge on any atom is -0.445 e.